The molecule has 1 unspecified atom stereocenters. The van der Waals surface area contributed by atoms with Gasteiger partial charge in [0.15, 0.2) is 0 Å². The van der Waals surface area contributed by atoms with Crippen LogP contribution in [0.25, 0.3) is 0 Å². The topological polar surface area (TPSA) is 0 Å². The van der Waals surface area contributed by atoms with Gasteiger partial charge in [0, 0.05) is 0 Å². The summed E-state index contributed by atoms with van der Waals surface area (Å²) in [5, 5.41) is 0. The first-order valence-electron chi connectivity index (χ1n) is 5.64. The molecule has 0 fully saturated rings. The van der Waals surface area contributed by atoms with E-state index in [0.717, 1.165) is 12.3 Å². The maximum Gasteiger partial charge on any atom is -0.0124 e. The van der Waals surface area contributed by atoms with Gasteiger partial charge >= 0.3 is 0 Å². The van der Waals surface area contributed by atoms with Crippen LogP contribution in [0.4, 0.5) is 0 Å². The fourth-order valence-electron chi connectivity index (χ4n) is 2.36. The Morgan fingerprint density at radius 3 is 3.00 bits per heavy atom. The fourth-order valence-corrected chi connectivity index (χ4v) is 2.36. The maximum atomic E-state index is 2.33. The van der Waals surface area contributed by atoms with Crippen LogP contribution >= 0.6 is 0 Å². The largest absolute Gasteiger partial charge is 0.0833 e. The van der Waals surface area contributed by atoms with Crippen LogP contribution in [0.5, 0.6) is 0 Å². The van der Waals surface area contributed by atoms with Gasteiger partial charge in [0.25, 0.3) is 0 Å². The third-order valence-electron chi connectivity index (χ3n) is 3.08. The standard InChI is InChI=1S/C14H18/c1-2-7-12-9-6-10-13-8-4-3-5-11-14(12)13/h3-6,8,10,12H,2,7,9,11H2,1H3. The summed E-state index contributed by atoms with van der Waals surface area (Å²) in [5.74, 6) is 0.799. The van der Waals surface area contributed by atoms with E-state index in [1.54, 1.807) is 5.57 Å². The smallest absolute Gasteiger partial charge is 0.0124 e. The zero-order valence-electron chi connectivity index (χ0n) is 8.87. The molecule has 2 aliphatic rings. The summed E-state index contributed by atoms with van der Waals surface area (Å²) in [6, 6.07) is 0. The number of allylic oxidation sites excluding steroid dienone is 8. The molecule has 0 radical (unpaired) electrons. The minimum atomic E-state index is 0.799. The first-order valence-corrected chi connectivity index (χ1v) is 5.64. The van der Waals surface area contributed by atoms with Gasteiger partial charge in [0.05, 0.1) is 0 Å². The molecule has 0 nitrogen and oxygen atoms in total. The summed E-state index contributed by atoms with van der Waals surface area (Å²) in [4.78, 5) is 0. The van der Waals surface area contributed by atoms with Crippen molar-refractivity contribution in [2.75, 3.05) is 0 Å². The number of hydrogen-bond donors (Lipinski definition) is 0. The molecule has 0 aromatic rings. The Morgan fingerprint density at radius 1 is 1.21 bits per heavy atom. The molecule has 0 bridgehead atoms. The van der Waals surface area contributed by atoms with E-state index in [1.807, 2.05) is 0 Å². The van der Waals surface area contributed by atoms with Crippen molar-refractivity contribution < 1.29 is 0 Å². The molecule has 0 amide bonds. The van der Waals surface area contributed by atoms with Crippen LogP contribution in [0.1, 0.15) is 32.6 Å². The molecular formula is C14H18. The van der Waals surface area contributed by atoms with Crippen LogP contribution in [0, 0.1) is 5.92 Å². The first kappa shape index (κ1) is 9.51. The van der Waals surface area contributed by atoms with Gasteiger partial charge in [0.2, 0.25) is 0 Å². The molecular weight excluding hydrogens is 168 g/mol. The van der Waals surface area contributed by atoms with Gasteiger partial charge in [-0.15, -0.1) is 0 Å². The lowest BCUT2D eigenvalue weighted by atomic mass is 9.83. The first-order chi connectivity index (χ1) is 6.92. The molecule has 2 aliphatic carbocycles. The summed E-state index contributed by atoms with van der Waals surface area (Å²) in [6.07, 6.45) is 18.5. The predicted octanol–water partition coefficient (Wildman–Crippen LogP) is 4.18. The highest BCUT2D eigenvalue weighted by molar-refractivity contribution is 5.43. The van der Waals surface area contributed by atoms with Crippen molar-refractivity contribution in [3.05, 3.63) is 47.6 Å². The summed E-state index contributed by atoms with van der Waals surface area (Å²) in [5.41, 5.74) is 3.11. The lowest BCUT2D eigenvalue weighted by Crippen LogP contribution is -2.07. The monoisotopic (exact) mass is 186 g/mol. The Morgan fingerprint density at radius 2 is 2.14 bits per heavy atom. The van der Waals surface area contributed by atoms with E-state index in [-0.39, 0.29) is 0 Å². The SMILES string of the molecule is CCCC1CC=CC2=C1CC=CC=C2. The highest BCUT2D eigenvalue weighted by atomic mass is 14.2. The van der Waals surface area contributed by atoms with E-state index in [4.69, 9.17) is 0 Å². The third kappa shape index (κ3) is 1.89. The molecule has 0 aromatic carbocycles. The lowest BCUT2D eigenvalue weighted by molar-refractivity contribution is 0.541. The number of rotatable bonds is 2. The Hall–Kier alpha value is -1.04. The van der Waals surface area contributed by atoms with E-state index in [9.17, 15) is 0 Å². The van der Waals surface area contributed by atoms with E-state index in [1.165, 1.54) is 24.8 Å². The van der Waals surface area contributed by atoms with Crippen LogP contribution in [0.15, 0.2) is 47.6 Å². The zero-order chi connectivity index (χ0) is 9.80. The summed E-state index contributed by atoms with van der Waals surface area (Å²) < 4.78 is 0. The van der Waals surface area contributed by atoms with E-state index in [0.29, 0.717) is 0 Å². The Kier molecular flexibility index (Phi) is 3.03. The summed E-state index contributed by atoms with van der Waals surface area (Å²) in [7, 11) is 0. The van der Waals surface area contributed by atoms with E-state index < -0.39 is 0 Å². The second-order valence-corrected chi connectivity index (χ2v) is 4.10. The molecule has 74 valence electrons. The van der Waals surface area contributed by atoms with Crippen LogP contribution in [0.3, 0.4) is 0 Å². The van der Waals surface area contributed by atoms with Crippen molar-refractivity contribution in [2.24, 2.45) is 5.92 Å². The molecule has 0 heterocycles. The minimum Gasteiger partial charge on any atom is -0.0833 e. The van der Waals surface area contributed by atoms with Gasteiger partial charge in [-0.25, -0.2) is 0 Å². The van der Waals surface area contributed by atoms with Crippen LogP contribution < -0.4 is 0 Å². The molecule has 0 aliphatic heterocycles. The molecule has 0 heteroatoms. The number of hydrogen-bond acceptors (Lipinski definition) is 0. The predicted molar refractivity (Wildman–Crippen MR) is 62.1 cm³/mol. The molecule has 0 saturated carbocycles. The zero-order valence-corrected chi connectivity index (χ0v) is 8.87. The summed E-state index contributed by atoms with van der Waals surface area (Å²) >= 11 is 0. The van der Waals surface area contributed by atoms with Gasteiger partial charge in [-0.1, -0.05) is 55.4 Å². The Bertz CT molecular complexity index is 313. The van der Waals surface area contributed by atoms with Crippen LogP contribution in [-0.2, 0) is 0 Å². The highest BCUT2D eigenvalue weighted by Gasteiger charge is 2.17. The van der Waals surface area contributed by atoms with Crippen molar-refractivity contribution in [1.82, 2.24) is 0 Å². The second kappa shape index (κ2) is 4.45. The van der Waals surface area contributed by atoms with E-state index in [2.05, 4.69) is 43.4 Å². The fraction of sp³-hybridized carbons (Fsp3) is 0.429. The molecule has 1 atom stereocenters. The minimum absolute atomic E-state index is 0.799. The van der Waals surface area contributed by atoms with Crippen LogP contribution in [-0.4, -0.2) is 0 Å². The van der Waals surface area contributed by atoms with Gasteiger partial charge in [-0.05, 0) is 30.8 Å². The lowest BCUT2D eigenvalue weighted by Gasteiger charge is -2.22. The highest BCUT2D eigenvalue weighted by Crippen LogP contribution is 2.33. The summed E-state index contributed by atoms with van der Waals surface area (Å²) in [6.45, 7) is 2.28. The van der Waals surface area contributed by atoms with Gasteiger partial charge in [-0.2, -0.15) is 0 Å². The molecule has 14 heavy (non-hydrogen) atoms. The second-order valence-electron chi connectivity index (χ2n) is 4.10. The van der Waals surface area contributed by atoms with Crippen molar-refractivity contribution in [3.8, 4) is 0 Å². The molecule has 0 spiro atoms. The average Bonchev–Trinajstić information content (AvgIpc) is 2.44. The molecule has 2 rings (SSSR count). The molecule has 0 N–H and O–H groups in total. The normalized spacial score (nSPS) is 25.1. The van der Waals surface area contributed by atoms with Crippen LogP contribution in [0.2, 0.25) is 0 Å². The van der Waals surface area contributed by atoms with Gasteiger partial charge in [-0.3, -0.25) is 0 Å². The van der Waals surface area contributed by atoms with E-state index >= 15 is 0 Å². The Balaban J connectivity index is 2.25. The van der Waals surface area contributed by atoms with Crippen molar-refractivity contribution >= 4 is 0 Å². The van der Waals surface area contributed by atoms with Gasteiger partial charge < -0.3 is 0 Å². The quantitative estimate of drug-likeness (QED) is 0.607. The maximum absolute atomic E-state index is 2.33. The van der Waals surface area contributed by atoms with Crippen molar-refractivity contribution in [2.45, 2.75) is 32.6 Å². The average molecular weight is 186 g/mol. The van der Waals surface area contributed by atoms with Gasteiger partial charge in [0.1, 0.15) is 0 Å². The molecule has 0 saturated heterocycles. The van der Waals surface area contributed by atoms with Crippen molar-refractivity contribution in [3.63, 3.8) is 0 Å². The molecule has 0 aromatic heterocycles. The third-order valence-corrected chi connectivity index (χ3v) is 3.08. The van der Waals surface area contributed by atoms with Crippen molar-refractivity contribution in [1.29, 1.82) is 0 Å². The Labute approximate surface area is 86.7 Å².